The van der Waals surface area contributed by atoms with Crippen molar-refractivity contribution in [1.82, 2.24) is 10.6 Å². The van der Waals surface area contributed by atoms with Gasteiger partial charge in [0, 0.05) is 17.3 Å². The molecule has 0 aliphatic heterocycles. The van der Waals surface area contributed by atoms with Crippen molar-refractivity contribution in [2.75, 3.05) is 0 Å². The lowest BCUT2D eigenvalue weighted by Gasteiger charge is -2.73. The number of hydrogen-bond donors (Lipinski definition) is 2. The Morgan fingerprint density at radius 1 is 1.23 bits per heavy atom. The Morgan fingerprint density at radius 2 is 1.85 bits per heavy atom. The van der Waals surface area contributed by atoms with Gasteiger partial charge in [0.25, 0.3) is 0 Å². The number of ether oxygens (including phenoxy) is 1. The molecule has 3 fully saturated rings. The average molecular weight is 397 g/mol. The highest BCUT2D eigenvalue weighted by atomic mass is 35.5. The summed E-state index contributed by atoms with van der Waals surface area (Å²) in [5.41, 5.74) is 1.54. The lowest BCUT2D eigenvalue weighted by Crippen LogP contribution is -2.78. The minimum atomic E-state index is -0.483. The number of hydrogen-bond acceptors (Lipinski definition) is 3. The molecule has 0 aromatic heterocycles. The number of rotatable bonds is 5. The number of amides is 1. The van der Waals surface area contributed by atoms with Crippen LogP contribution in [0.3, 0.4) is 0 Å². The van der Waals surface area contributed by atoms with Gasteiger partial charge >= 0.3 is 6.09 Å². The fraction of sp³-hybridized carbons (Fsp3) is 0.550. The van der Waals surface area contributed by atoms with E-state index >= 15 is 0 Å². The van der Waals surface area contributed by atoms with Crippen molar-refractivity contribution in [2.45, 2.75) is 64.1 Å². The van der Waals surface area contributed by atoms with Crippen molar-refractivity contribution in [2.24, 2.45) is 5.41 Å². The van der Waals surface area contributed by atoms with E-state index in [1.165, 1.54) is 0 Å². The van der Waals surface area contributed by atoms with Gasteiger partial charge in [-0.1, -0.05) is 35.8 Å². The Morgan fingerprint density at radius 3 is 2.38 bits per heavy atom. The maximum absolute atomic E-state index is 12.0. The van der Waals surface area contributed by atoms with E-state index in [9.17, 15) is 4.79 Å². The molecule has 142 valence electrons. The van der Waals surface area contributed by atoms with Crippen LogP contribution in [0, 0.1) is 5.41 Å². The van der Waals surface area contributed by atoms with Crippen LogP contribution in [0.5, 0.6) is 0 Å². The second kappa shape index (κ2) is 6.35. The van der Waals surface area contributed by atoms with Crippen LogP contribution >= 0.6 is 23.2 Å². The van der Waals surface area contributed by atoms with Gasteiger partial charge in [-0.05, 0) is 70.1 Å². The van der Waals surface area contributed by atoms with E-state index in [4.69, 9.17) is 27.9 Å². The van der Waals surface area contributed by atoms with E-state index in [0.29, 0.717) is 10.0 Å². The Bertz CT molecular complexity index is 735. The third kappa shape index (κ3) is 3.67. The van der Waals surface area contributed by atoms with Gasteiger partial charge in [0.2, 0.25) is 0 Å². The molecule has 3 saturated carbocycles. The largest absolute Gasteiger partial charge is 0.444 e. The molecule has 0 radical (unpaired) electrons. The zero-order valence-corrected chi connectivity index (χ0v) is 17.2. The average Bonchev–Trinajstić information content (AvgIpc) is 2.41. The molecule has 4 rings (SSSR count). The first-order valence-corrected chi connectivity index (χ1v) is 9.61. The first-order valence-electron chi connectivity index (χ1n) is 8.86. The van der Waals surface area contributed by atoms with Crippen molar-refractivity contribution < 1.29 is 9.53 Å². The predicted molar refractivity (Wildman–Crippen MR) is 106 cm³/mol. The lowest BCUT2D eigenvalue weighted by atomic mass is 9.37. The van der Waals surface area contributed by atoms with Crippen LogP contribution in [-0.2, 0) is 4.74 Å². The second-order valence-corrected chi connectivity index (χ2v) is 9.59. The molecule has 3 aliphatic carbocycles. The normalized spacial score (nSPS) is 27.6. The summed E-state index contributed by atoms with van der Waals surface area (Å²) in [4.78, 5) is 12.0. The Kier molecular flexibility index (Phi) is 4.73. The van der Waals surface area contributed by atoms with Gasteiger partial charge < -0.3 is 15.4 Å². The van der Waals surface area contributed by atoms with Gasteiger partial charge in [0.05, 0.1) is 10.0 Å². The van der Waals surface area contributed by atoms with E-state index in [1.54, 1.807) is 6.07 Å². The molecule has 4 nitrogen and oxygen atoms in total. The fourth-order valence-corrected chi connectivity index (χ4v) is 4.47. The zero-order chi connectivity index (χ0) is 19.3. The summed E-state index contributed by atoms with van der Waals surface area (Å²) < 4.78 is 5.35. The summed E-state index contributed by atoms with van der Waals surface area (Å²) in [6.07, 6.45) is 2.68. The SMILES string of the molecule is C=C(NC12CC(C(C)NC(=O)OC(C)(C)C)(C1)C2)c1ccc(Cl)c(Cl)c1. The molecule has 1 amide bonds. The molecule has 1 aromatic carbocycles. The van der Waals surface area contributed by atoms with E-state index < -0.39 is 5.60 Å². The number of alkyl carbamates (subject to hydrolysis) is 1. The standard InChI is InChI=1S/C20H26Cl2N2O2/c1-12(14-6-7-15(21)16(22)8-14)24-20-9-19(10-20,11-20)13(2)23-17(25)26-18(3,4)5/h6-8,13,24H,1,9-11H2,2-5H3,(H,23,25). The Hall–Kier alpha value is -1.39. The van der Waals surface area contributed by atoms with Crippen molar-refractivity contribution in [1.29, 1.82) is 0 Å². The predicted octanol–water partition coefficient (Wildman–Crippen LogP) is 5.39. The molecule has 1 aromatic rings. The minimum Gasteiger partial charge on any atom is -0.444 e. The van der Waals surface area contributed by atoms with E-state index in [1.807, 2.05) is 32.9 Å². The monoisotopic (exact) mass is 396 g/mol. The lowest BCUT2D eigenvalue weighted by molar-refractivity contribution is -0.163. The minimum absolute atomic E-state index is 0.0765. The summed E-state index contributed by atoms with van der Waals surface area (Å²) in [6, 6.07) is 5.60. The first-order chi connectivity index (χ1) is 11.9. The Balaban J connectivity index is 1.52. The van der Waals surface area contributed by atoms with E-state index in [-0.39, 0.29) is 23.1 Å². The van der Waals surface area contributed by atoms with Crippen LogP contribution in [0.15, 0.2) is 24.8 Å². The van der Waals surface area contributed by atoms with Crippen LogP contribution in [0.2, 0.25) is 10.0 Å². The molecule has 0 heterocycles. The van der Waals surface area contributed by atoms with E-state index in [0.717, 1.165) is 30.5 Å². The number of carbonyl (C=O) groups is 1. The molecular weight excluding hydrogens is 371 g/mol. The number of halogens is 2. The fourth-order valence-electron chi connectivity index (χ4n) is 4.17. The third-order valence-corrected chi connectivity index (χ3v) is 6.15. The first kappa shape index (κ1) is 19.4. The maximum atomic E-state index is 12.0. The van der Waals surface area contributed by atoms with Crippen LogP contribution in [0.4, 0.5) is 4.79 Å². The van der Waals surface area contributed by atoms with Crippen LogP contribution in [0.25, 0.3) is 5.70 Å². The van der Waals surface area contributed by atoms with Crippen molar-refractivity contribution in [3.8, 4) is 0 Å². The molecule has 1 unspecified atom stereocenters. The number of nitrogens with one attached hydrogen (secondary N) is 2. The molecule has 1 atom stereocenters. The smallest absolute Gasteiger partial charge is 0.407 e. The summed E-state index contributed by atoms with van der Waals surface area (Å²) in [7, 11) is 0. The van der Waals surface area contributed by atoms with Crippen molar-refractivity contribution in [3.63, 3.8) is 0 Å². The maximum Gasteiger partial charge on any atom is 0.407 e. The number of carbonyl (C=O) groups excluding carboxylic acids is 1. The van der Waals surface area contributed by atoms with Crippen LogP contribution in [-0.4, -0.2) is 23.3 Å². The zero-order valence-electron chi connectivity index (χ0n) is 15.7. The van der Waals surface area contributed by atoms with Gasteiger partial charge in [-0.15, -0.1) is 0 Å². The summed E-state index contributed by atoms with van der Waals surface area (Å²) in [6.45, 7) is 11.8. The van der Waals surface area contributed by atoms with Crippen molar-refractivity contribution >= 4 is 35.0 Å². The summed E-state index contributed by atoms with van der Waals surface area (Å²) >= 11 is 12.1. The van der Waals surface area contributed by atoms with E-state index in [2.05, 4.69) is 24.1 Å². The molecule has 0 spiro atoms. The third-order valence-electron chi connectivity index (χ3n) is 5.41. The Labute approximate surface area is 165 Å². The highest BCUT2D eigenvalue weighted by Crippen LogP contribution is 2.69. The highest BCUT2D eigenvalue weighted by molar-refractivity contribution is 6.42. The molecule has 6 heteroatoms. The highest BCUT2D eigenvalue weighted by Gasteiger charge is 2.70. The quantitative estimate of drug-likeness (QED) is 0.701. The van der Waals surface area contributed by atoms with Crippen molar-refractivity contribution in [3.05, 3.63) is 40.4 Å². The molecule has 2 N–H and O–H groups in total. The molecule has 0 saturated heterocycles. The number of benzene rings is 1. The molecule has 26 heavy (non-hydrogen) atoms. The van der Waals surface area contributed by atoms with Gasteiger partial charge in [-0.2, -0.15) is 0 Å². The van der Waals surface area contributed by atoms with Gasteiger partial charge in [0.15, 0.2) is 0 Å². The molecular formula is C20H26Cl2N2O2. The summed E-state index contributed by atoms with van der Waals surface area (Å²) in [5, 5.41) is 7.60. The van der Waals surface area contributed by atoms with Gasteiger partial charge in [-0.25, -0.2) is 4.79 Å². The van der Waals surface area contributed by atoms with Crippen LogP contribution < -0.4 is 10.6 Å². The van der Waals surface area contributed by atoms with Gasteiger partial charge in [0.1, 0.15) is 5.60 Å². The second-order valence-electron chi connectivity index (χ2n) is 8.77. The summed E-state index contributed by atoms with van der Waals surface area (Å²) in [5.74, 6) is 0. The molecule has 3 aliphatic rings. The van der Waals surface area contributed by atoms with Gasteiger partial charge in [-0.3, -0.25) is 0 Å². The topological polar surface area (TPSA) is 50.4 Å². The molecule has 2 bridgehead atoms. The van der Waals surface area contributed by atoms with Crippen LogP contribution in [0.1, 0.15) is 52.5 Å².